The number of fused-ring (bicyclic) bond motifs is 2. The second-order valence-corrected chi connectivity index (χ2v) is 5.58. The Morgan fingerprint density at radius 3 is 2.30 bits per heavy atom. The fraction of sp³-hybridized carbons (Fsp3) is 1.00. The van der Waals surface area contributed by atoms with Crippen molar-refractivity contribution < 1.29 is 13.5 Å². The highest BCUT2D eigenvalue weighted by Gasteiger charge is 2.48. The zero-order valence-electron chi connectivity index (χ0n) is 5.53. The van der Waals surface area contributed by atoms with E-state index in [4.69, 9.17) is 0 Å². The molecule has 0 amide bonds. The van der Waals surface area contributed by atoms with E-state index in [-0.39, 0.29) is 23.0 Å². The Balaban J connectivity index is 2.32. The van der Waals surface area contributed by atoms with E-state index in [0.29, 0.717) is 12.8 Å². The third kappa shape index (κ3) is 0.720. The highest BCUT2D eigenvalue weighted by molar-refractivity contribution is 7.92. The molecule has 3 nitrogen and oxygen atoms in total. The van der Waals surface area contributed by atoms with Crippen LogP contribution in [0.1, 0.15) is 12.8 Å². The van der Waals surface area contributed by atoms with Crippen LogP contribution in [0.2, 0.25) is 0 Å². The topological polar surface area (TPSA) is 54.4 Å². The first-order valence-electron chi connectivity index (χ1n) is 3.49. The lowest BCUT2D eigenvalue weighted by Crippen LogP contribution is -2.27. The van der Waals surface area contributed by atoms with Crippen LogP contribution in [0, 0.1) is 5.92 Å². The fourth-order valence-corrected chi connectivity index (χ4v) is 4.22. The van der Waals surface area contributed by atoms with Gasteiger partial charge in [-0.2, -0.15) is 0 Å². The summed E-state index contributed by atoms with van der Waals surface area (Å²) in [7, 11) is -2.78. The maximum atomic E-state index is 11.1. The molecule has 1 saturated carbocycles. The monoisotopic (exact) mass is 162 g/mol. The molecule has 2 bridgehead atoms. The van der Waals surface area contributed by atoms with Crippen molar-refractivity contribution in [2.24, 2.45) is 5.92 Å². The smallest absolute Gasteiger partial charge is 0.153 e. The molecule has 1 heterocycles. The highest BCUT2D eigenvalue weighted by Crippen LogP contribution is 2.39. The van der Waals surface area contributed by atoms with Crippen LogP contribution in [0.15, 0.2) is 0 Å². The van der Waals surface area contributed by atoms with Crippen molar-refractivity contribution in [1.29, 1.82) is 0 Å². The van der Waals surface area contributed by atoms with Gasteiger partial charge in [0.05, 0.1) is 17.1 Å². The minimum atomic E-state index is -2.78. The van der Waals surface area contributed by atoms with Crippen LogP contribution >= 0.6 is 0 Å². The molecule has 3 atom stereocenters. The summed E-state index contributed by atoms with van der Waals surface area (Å²) in [6.07, 6.45) is 0.838. The average molecular weight is 162 g/mol. The van der Waals surface area contributed by atoms with Crippen LogP contribution in [0.25, 0.3) is 0 Å². The first-order chi connectivity index (χ1) is 4.59. The molecule has 0 radical (unpaired) electrons. The van der Waals surface area contributed by atoms with Crippen molar-refractivity contribution in [3.63, 3.8) is 0 Å². The minimum Gasteiger partial charge on any atom is -0.393 e. The number of aliphatic hydroxyl groups is 1. The lowest BCUT2D eigenvalue weighted by atomic mass is 10.1. The Kier molecular flexibility index (Phi) is 1.15. The molecule has 10 heavy (non-hydrogen) atoms. The Hall–Kier alpha value is -0.0900. The summed E-state index contributed by atoms with van der Waals surface area (Å²) in [6, 6.07) is 0. The molecule has 58 valence electrons. The fourth-order valence-electron chi connectivity index (χ4n) is 1.96. The molecule has 1 saturated heterocycles. The molecule has 2 fully saturated rings. The van der Waals surface area contributed by atoms with Gasteiger partial charge in [0.2, 0.25) is 0 Å². The molecule has 2 rings (SSSR count). The zero-order chi connectivity index (χ0) is 7.35. The molecular weight excluding hydrogens is 152 g/mol. The largest absolute Gasteiger partial charge is 0.393 e. The van der Waals surface area contributed by atoms with E-state index in [9.17, 15) is 13.5 Å². The second-order valence-electron chi connectivity index (χ2n) is 3.25. The average Bonchev–Trinajstić information content (AvgIpc) is 2.21. The lowest BCUT2D eigenvalue weighted by molar-refractivity contribution is 0.140. The van der Waals surface area contributed by atoms with Gasteiger partial charge in [-0.15, -0.1) is 0 Å². The van der Waals surface area contributed by atoms with Gasteiger partial charge < -0.3 is 5.11 Å². The first kappa shape index (κ1) is 6.61. The van der Waals surface area contributed by atoms with Crippen LogP contribution in [-0.2, 0) is 9.84 Å². The number of aliphatic hydroxyl groups excluding tert-OH is 1. The predicted octanol–water partition coefficient (Wildman–Crippen LogP) is -0.446. The van der Waals surface area contributed by atoms with Gasteiger partial charge in [-0.05, 0) is 12.8 Å². The summed E-state index contributed by atoms with van der Waals surface area (Å²) in [5.74, 6) is 0.272. The van der Waals surface area contributed by atoms with Crippen LogP contribution in [0.3, 0.4) is 0 Å². The molecule has 4 heteroatoms. The number of hydrogen-bond acceptors (Lipinski definition) is 3. The van der Waals surface area contributed by atoms with Crippen LogP contribution < -0.4 is 0 Å². The summed E-state index contributed by atoms with van der Waals surface area (Å²) < 4.78 is 22.1. The van der Waals surface area contributed by atoms with Crippen LogP contribution in [0.5, 0.6) is 0 Å². The Labute approximate surface area is 60.0 Å². The van der Waals surface area contributed by atoms with Gasteiger partial charge in [0.1, 0.15) is 0 Å². The van der Waals surface area contributed by atoms with Gasteiger partial charge in [0, 0.05) is 5.92 Å². The van der Waals surface area contributed by atoms with E-state index < -0.39 is 9.84 Å². The molecule has 1 aliphatic carbocycles. The van der Waals surface area contributed by atoms with Crippen molar-refractivity contribution in [1.82, 2.24) is 0 Å². The van der Waals surface area contributed by atoms with Gasteiger partial charge in [-0.1, -0.05) is 0 Å². The van der Waals surface area contributed by atoms with Crippen LogP contribution in [-0.4, -0.2) is 30.6 Å². The van der Waals surface area contributed by atoms with Gasteiger partial charge >= 0.3 is 0 Å². The summed E-state index contributed by atoms with van der Waals surface area (Å²) in [5.41, 5.74) is 0. The number of rotatable bonds is 0. The van der Waals surface area contributed by atoms with Gasteiger partial charge in [-0.25, -0.2) is 8.42 Å². The molecular formula is C6H10O3S. The normalized spacial score (nSPS) is 49.9. The Morgan fingerprint density at radius 1 is 1.30 bits per heavy atom. The molecule has 2 aliphatic rings. The standard InChI is InChI=1S/C6H10O3S/c7-6-2-5-1-4(6)3-10(5,8)9/h4-7H,1-3H2/t4-,5-,6+/m0/s1. The first-order valence-corrected chi connectivity index (χ1v) is 5.21. The second kappa shape index (κ2) is 1.74. The van der Waals surface area contributed by atoms with E-state index in [1.807, 2.05) is 0 Å². The van der Waals surface area contributed by atoms with Crippen molar-refractivity contribution >= 4 is 9.84 Å². The quantitative estimate of drug-likeness (QED) is 0.525. The van der Waals surface area contributed by atoms with E-state index in [1.165, 1.54) is 0 Å². The molecule has 0 unspecified atom stereocenters. The van der Waals surface area contributed by atoms with E-state index in [1.54, 1.807) is 0 Å². The third-order valence-electron chi connectivity index (χ3n) is 2.57. The molecule has 0 aromatic rings. The van der Waals surface area contributed by atoms with Gasteiger partial charge in [0.15, 0.2) is 9.84 Å². The van der Waals surface area contributed by atoms with Crippen molar-refractivity contribution in [3.05, 3.63) is 0 Å². The summed E-state index contributed by atoms with van der Waals surface area (Å²) in [5, 5.41) is 8.97. The highest BCUT2D eigenvalue weighted by atomic mass is 32.2. The summed E-state index contributed by atoms with van der Waals surface area (Å²) in [6.45, 7) is 0. The maximum Gasteiger partial charge on any atom is 0.153 e. The minimum absolute atomic E-state index is 0.0509. The van der Waals surface area contributed by atoms with Crippen molar-refractivity contribution in [2.45, 2.75) is 24.2 Å². The zero-order valence-corrected chi connectivity index (χ0v) is 6.34. The van der Waals surface area contributed by atoms with Gasteiger partial charge in [0.25, 0.3) is 0 Å². The van der Waals surface area contributed by atoms with E-state index in [2.05, 4.69) is 0 Å². The van der Waals surface area contributed by atoms with Crippen molar-refractivity contribution in [3.8, 4) is 0 Å². The Morgan fingerprint density at radius 2 is 2.00 bits per heavy atom. The molecule has 0 aromatic heterocycles. The van der Waals surface area contributed by atoms with E-state index >= 15 is 0 Å². The molecule has 1 N–H and O–H groups in total. The lowest BCUT2D eigenvalue weighted by Gasteiger charge is -2.15. The van der Waals surface area contributed by atoms with Crippen LogP contribution in [0.4, 0.5) is 0 Å². The number of sulfone groups is 1. The predicted molar refractivity (Wildman–Crippen MR) is 36.3 cm³/mol. The molecule has 0 aromatic carbocycles. The molecule has 0 spiro atoms. The maximum absolute atomic E-state index is 11.1. The third-order valence-corrected chi connectivity index (χ3v) is 4.86. The SMILES string of the molecule is O=S1(=O)C[C@@H]2C[C@H]1C[C@H]2O. The number of hydrogen-bond donors (Lipinski definition) is 1. The Bertz CT molecular complexity index is 242. The molecule has 1 aliphatic heterocycles. The summed E-state index contributed by atoms with van der Waals surface area (Å²) in [4.78, 5) is 0. The summed E-state index contributed by atoms with van der Waals surface area (Å²) >= 11 is 0. The van der Waals surface area contributed by atoms with Gasteiger partial charge in [-0.3, -0.25) is 0 Å². The van der Waals surface area contributed by atoms with E-state index in [0.717, 1.165) is 0 Å². The van der Waals surface area contributed by atoms with Crippen molar-refractivity contribution in [2.75, 3.05) is 5.75 Å².